The quantitative estimate of drug-likeness (QED) is 0.645. The zero-order valence-corrected chi connectivity index (χ0v) is 7.92. The summed E-state index contributed by atoms with van der Waals surface area (Å²) in [7, 11) is 0. The molecule has 0 N–H and O–H groups in total. The van der Waals surface area contributed by atoms with Crippen LogP contribution in [-0.4, -0.2) is 26.3 Å². The van der Waals surface area contributed by atoms with Crippen LogP contribution in [0.2, 0.25) is 0 Å². The van der Waals surface area contributed by atoms with E-state index in [1.165, 1.54) is 11.3 Å². The molecule has 1 heterocycles. The Hall–Kier alpha value is -1.02. The molecule has 2 heteroatoms. The molecule has 13 heavy (non-hydrogen) atoms. The number of rotatable bonds is 1. The van der Waals surface area contributed by atoms with Crippen molar-refractivity contribution in [1.29, 1.82) is 0 Å². The zero-order chi connectivity index (χ0) is 9.10. The van der Waals surface area contributed by atoms with Gasteiger partial charge in [0.2, 0.25) is 0 Å². The summed E-state index contributed by atoms with van der Waals surface area (Å²) in [5, 5.41) is 0. The fourth-order valence-electron chi connectivity index (χ4n) is 1.64. The molecule has 1 aromatic carbocycles. The molecule has 2 rings (SSSR count). The van der Waals surface area contributed by atoms with Gasteiger partial charge in [-0.15, -0.1) is 0 Å². The lowest BCUT2D eigenvalue weighted by atomic mass is 10.2. The minimum absolute atomic E-state index is 0.842. The molecule has 0 aromatic heterocycles. The van der Waals surface area contributed by atoms with Crippen LogP contribution in [-0.2, 0) is 4.74 Å². The minimum Gasteiger partial charge on any atom is -0.378 e. The normalized spacial score (nSPS) is 17.5. The smallest absolute Gasteiger partial charge is 0.0642 e. The summed E-state index contributed by atoms with van der Waals surface area (Å²) in [6.45, 7) is 5.82. The van der Waals surface area contributed by atoms with Gasteiger partial charge in [0.05, 0.1) is 13.2 Å². The molecule has 2 nitrogen and oxygen atoms in total. The van der Waals surface area contributed by atoms with Crippen molar-refractivity contribution in [2.45, 2.75) is 6.92 Å². The third kappa shape index (κ3) is 1.83. The molecule has 1 saturated heterocycles. The zero-order valence-electron chi connectivity index (χ0n) is 7.92. The average molecular weight is 176 g/mol. The number of aryl methyl sites for hydroxylation is 1. The molecule has 1 aromatic rings. The molecule has 1 fully saturated rings. The molecule has 0 atom stereocenters. The molecule has 0 saturated carbocycles. The van der Waals surface area contributed by atoms with Gasteiger partial charge in [0.15, 0.2) is 0 Å². The number of hydrogen-bond donors (Lipinski definition) is 0. The van der Waals surface area contributed by atoms with E-state index in [-0.39, 0.29) is 0 Å². The lowest BCUT2D eigenvalue weighted by Crippen LogP contribution is -2.36. The lowest BCUT2D eigenvalue weighted by molar-refractivity contribution is 0.122. The van der Waals surface area contributed by atoms with E-state index in [1.807, 2.05) is 6.07 Å². The highest BCUT2D eigenvalue weighted by atomic mass is 16.5. The van der Waals surface area contributed by atoms with Gasteiger partial charge in [-0.25, -0.2) is 0 Å². The summed E-state index contributed by atoms with van der Waals surface area (Å²) in [5.74, 6) is 0. The van der Waals surface area contributed by atoms with Crippen molar-refractivity contribution >= 4 is 5.69 Å². The molecule has 0 spiro atoms. The third-order valence-electron chi connectivity index (χ3n) is 2.41. The Morgan fingerprint density at radius 2 is 2.15 bits per heavy atom. The van der Waals surface area contributed by atoms with E-state index in [0.29, 0.717) is 0 Å². The number of morpholine rings is 1. The number of hydrogen-bond acceptors (Lipinski definition) is 2. The van der Waals surface area contributed by atoms with E-state index in [9.17, 15) is 0 Å². The Bertz CT molecular complexity index is 279. The van der Waals surface area contributed by atoms with Gasteiger partial charge in [-0.3, -0.25) is 0 Å². The molecule has 0 unspecified atom stereocenters. The fourth-order valence-corrected chi connectivity index (χ4v) is 1.64. The number of nitrogens with zero attached hydrogens (tertiary/aromatic N) is 1. The van der Waals surface area contributed by atoms with Gasteiger partial charge in [0.25, 0.3) is 0 Å². The van der Waals surface area contributed by atoms with E-state index >= 15 is 0 Å². The van der Waals surface area contributed by atoms with Crippen LogP contribution in [0.25, 0.3) is 0 Å². The predicted molar refractivity (Wildman–Crippen MR) is 53.0 cm³/mol. The number of anilines is 1. The van der Waals surface area contributed by atoms with Crippen LogP contribution < -0.4 is 4.90 Å². The minimum atomic E-state index is 0.842. The molecule has 1 radical (unpaired) electrons. The lowest BCUT2D eigenvalue weighted by Gasteiger charge is -2.29. The van der Waals surface area contributed by atoms with E-state index in [4.69, 9.17) is 4.74 Å². The van der Waals surface area contributed by atoms with E-state index in [2.05, 4.69) is 30.0 Å². The Kier molecular flexibility index (Phi) is 2.50. The van der Waals surface area contributed by atoms with Crippen molar-refractivity contribution in [1.82, 2.24) is 0 Å². The number of ether oxygens (including phenoxy) is 1. The maximum Gasteiger partial charge on any atom is 0.0642 e. The van der Waals surface area contributed by atoms with E-state index in [0.717, 1.165) is 26.3 Å². The first-order valence-corrected chi connectivity index (χ1v) is 4.67. The first-order valence-electron chi connectivity index (χ1n) is 4.67. The summed E-state index contributed by atoms with van der Waals surface area (Å²) in [6, 6.07) is 9.23. The number of benzene rings is 1. The van der Waals surface area contributed by atoms with Crippen molar-refractivity contribution < 1.29 is 4.74 Å². The van der Waals surface area contributed by atoms with Gasteiger partial charge in [0, 0.05) is 18.8 Å². The molecule has 1 aliphatic heterocycles. The van der Waals surface area contributed by atoms with Crippen molar-refractivity contribution in [3.05, 3.63) is 29.8 Å². The monoisotopic (exact) mass is 176 g/mol. The summed E-state index contributed by atoms with van der Waals surface area (Å²) < 4.78 is 5.31. The van der Waals surface area contributed by atoms with Crippen molar-refractivity contribution in [2.75, 3.05) is 31.2 Å². The second-order valence-corrected chi connectivity index (χ2v) is 3.31. The molecular formula is C11H14NO. The second-order valence-electron chi connectivity index (χ2n) is 3.31. The summed E-state index contributed by atoms with van der Waals surface area (Å²) in [4.78, 5) is 2.36. The topological polar surface area (TPSA) is 12.5 Å². The van der Waals surface area contributed by atoms with Gasteiger partial charge >= 0.3 is 0 Å². The van der Waals surface area contributed by atoms with Crippen LogP contribution in [0.5, 0.6) is 0 Å². The molecule has 1 aliphatic rings. The van der Waals surface area contributed by atoms with Gasteiger partial charge in [-0.05, 0) is 24.6 Å². The van der Waals surface area contributed by atoms with Crippen LogP contribution in [0, 0.1) is 13.0 Å². The fraction of sp³-hybridized carbons (Fsp3) is 0.455. The average Bonchev–Trinajstić information content (AvgIpc) is 2.20. The Balaban J connectivity index is 2.18. The first kappa shape index (κ1) is 8.57. The highest BCUT2D eigenvalue weighted by Gasteiger charge is 2.11. The molecule has 0 aliphatic carbocycles. The van der Waals surface area contributed by atoms with Gasteiger partial charge in [0.1, 0.15) is 0 Å². The van der Waals surface area contributed by atoms with E-state index in [1.54, 1.807) is 0 Å². The molecular weight excluding hydrogens is 162 g/mol. The standard InChI is InChI=1S/C11H14NO/c1-10-4-2-3-5-11(10)12-6-8-13-9-7-12/h2,4-5H,6-9H2,1H3. The molecule has 69 valence electrons. The van der Waals surface area contributed by atoms with Gasteiger partial charge in [-0.2, -0.15) is 0 Å². The van der Waals surface area contributed by atoms with Crippen LogP contribution in [0.15, 0.2) is 18.2 Å². The van der Waals surface area contributed by atoms with Crippen LogP contribution >= 0.6 is 0 Å². The van der Waals surface area contributed by atoms with Gasteiger partial charge in [-0.1, -0.05) is 12.1 Å². The predicted octanol–water partition coefficient (Wildman–Crippen LogP) is 1.63. The van der Waals surface area contributed by atoms with Crippen molar-refractivity contribution in [2.24, 2.45) is 0 Å². The van der Waals surface area contributed by atoms with Crippen LogP contribution in [0.1, 0.15) is 5.56 Å². The van der Waals surface area contributed by atoms with Crippen molar-refractivity contribution in [3.63, 3.8) is 0 Å². The highest BCUT2D eigenvalue weighted by molar-refractivity contribution is 5.52. The van der Waals surface area contributed by atoms with Gasteiger partial charge < -0.3 is 9.64 Å². The summed E-state index contributed by atoms with van der Waals surface area (Å²) in [6.07, 6.45) is 0. The van der Waals surface area contributed by atoms with Crippen LogP contribution in [0.4, 0.5) is 5.69 Å². The first-order chi connectivity index (χ1) is 6.38. The van der Waals surface area contributed by atoms with Crippen LogP contribution in [0.3, 0.4) is 0 Å². The Morgan fingerprint density at radius 3 is 2.85 bits per heavy atom. The van der Waals surface area contributed by atoms with E-state index < -0.39 is 0 Å². The Morgan fingerprint density at radius 1 is 1.38 bits per heavy atom. The maximum absolute atomic E-state index is 5.31. The SMILES string of the molecule is Cc1cc[c]cc1N1CCOCC1. The molecule has 0 amide bonds. The Labute approximate surface area is 79.1 Å². The highest BCUT2D eigenvalue weighted by Crippen LogP contribution is 2.19. The summed E-state index contributed by atoms with van der Waals surface area (Å²) in [5.41, 5.74) is 2.62. The summed E-state index contributed by atoms with van der Waals surface area (Å²) >= 11 is 0. The van der Waals surface area contributed by atoms with Crippen molar-refractivity contribution in [3.8, 4) is 0 Å². The maximum atomic E-state index is 5.31. The largest absolute Gasteiger partial charge is 0.378 e. The third-order valence-corrected chi connectivity index (χ3v) is 2.41. The molecule has 0 bridgehead atoms. The second kappa shape index (κ2) is 3.79.